The van der Waals surface area contributed by atoms with Gasteiger partial charge in [0.05, 0.1) is 37.5 Å². The summed E-state index contributed by atoms with van der Waals surface area (Å²) in [4.78, 5) is 46.5. The molecule has 2 aromatic heterocycles. The van der Waals surface area contributed by atoms with Crippen LogP contribution >= 0.6 is 0 Å². The lowest BCUT2D eigenvalue weighted by Gasteiger charge is -2.30. The number of carbonyl (C=O) groups is 2. The van der Waals surface area contributed by atoms with Gasteiger partial charge >= 0.3 is 0 Å². The zero-order valence-electron chi connectivity index (χ0n) is 29.3. The number of anilines is 1. The Morgan fingerprint density at radius 3 is 2.51 bits per heavy atom. The summed E-state index contributed by atoms with van der Waals surface area (Å²) in [6.07, 6.45) is 2.50. The highest BCUT2D eigenvalue weighted by atomic mass is 19.1. The second-order valence-electron chi connectivity index (χ2n) is 14.0. The van der Waals surface area contributed by atoms with Crippen LogP contribution in [0.3, 0.4) is 0 Å². The van der Waals surface area contributed by atoms with Crippen LogP contribution in [-0.2, 0) is 14.3 Å². The van der Waals surface area contributed by atoms with Crippen LogP contribution in [0.25, 0.3) is 38.5 Å². The third-order valence-corrected chi connectivity index (χ3v) is 10.7. The number of fused-ring (bicyclic) bond motifs is 5. The lowest BCUT2D eigenvalue weighted by molar-refractivity contribution is -0.121. The predicted molar refractivity (Wildman–Crippen MR) is 197 cm³/mol. The van der Waals surface area contributed by atoms with Crippen molar-refractivity contribution in [1.29, 1.82) is 0 Å². The summed E-state index contributed by atoms with van der Waals surface area (Å²) in [5, 5.41) is 8.24. The number of ether oxygens (including phenoxy) is 3. The Morgan fingerprint density at radius 1 is 0.887 bits per heavy atom. The number of para-hydroxylation sites is 1. The second-order valence-corrected chi connectivity index (χ2v) is 14.0. The van der Waals surface area contributed by atoms with Crippen molar-refractivity contribution in [3.05, 3.63) is 70.3 Å². The van der Waals surface area contributed by atoms with Gasteiger partial charge in [0, 0.05) is 94.4 Å². The first-order chi connectivity index (χ1) is 25.9. The van der Waals surface area contributed by atoms with Gasteiger partial charge in [-0.05, 0) is 24.6 Å². The number of hydrogen-bond acceptors (Lipinski definition) is 10. The molecule has 0 aliphatic carbocycles. The van der Waals surface area contributed by atoms with E-state index in [1.54, 1.807) is 15.7 Å². The van der Waals surface area contributed by atoms with Gasteiger partial charge in [-0.2, -0.15) is 0 Å². The number of pyridine rings is 1. The molecule has 4 aliphatic rings. The van der Waals surface area contributed by atoms with Crippen molar-refractivity contribution in [1.82, 2.24) is 25.0 Å². The van der Waals surface area contributed by atoms with E-state index in [1.165, 1.54) is 6.07 Å². The van der Waals surface area contributed by atoms with Crippen molar-refractivity contribution >= 4 is 50.3 Å². The van der Waals surface area contributed by atoms with Crippen LogP contribution in [0.2, 0.25) is 0 Å². The van der Waals surface area contributed by atoms with Crippen LogP contribution in [-0.4, -0.2) is 118 Å². The molecule has 0 unspecified atom stereocenters. The van der Waals surface area contributed by atoms with Gasteiger partial charge in [-0.3, -0.25) is 19.3 Å². The van der Waals surface area contributed by atoms with Gasteiger partial charge < -0.3 is 43.6 Å². The molecule has 1 atom stereocenters. The van der Waals surface area contributed by atoms with E-state index in [2.05, 4.69) is 15.5 Å². The standard InChI is InChI=1S/C39H41FN6O7/c40-29-19-27-35-38(36(29)45-9-6-24(22-45)42-34(47)5-7-41-8-10-43-11-15-50-16-12-43)53-33-20-26-25-3-1-2-4-31(25)52-32(26)21-30(33)46(35)23-28(37(27)48)39(49)44-13-17-51-18-14-44/h1-4,19-21,23-24,41H,5-18,22H2,(H,42,47)/t24-/m1/s1. The number of furan rings is 1. The summed E-state index contributed by atoms with van der Waals surface area (Å²) < 4.78 is 41.9. The van der Waals surface area contributed by atoms with E-state index < -0.39 is 17.2 Å². The minimum Gasteiger partial charge on any atom is -0.456 e. The fourth-order valence-electron chi connectivity index (χ4n) is 7.98. The smallest absolute Gasteiger partial charge is 0.259 e. The highest BCUT2D eigenvalue weighted by Crippen LogP contribution is 2.49. The average Bonchev–Trinajstić information content (AvgIpc) is 3.79. The average molecular weight is 725 g/mol. The molecule has 14 heteroatoms. The van der Waals surface area contributed by atoms with Gasteiger partial charge in [-0.15, -0.1) is 0 Å². The monoisotopic (exact) mass is 724 g/mol. The first kappa shape index (κ1) is 33.8. The first-order valence-corrected chi connectivity index (χ1v) is 18.4. The highest BCUT2D eigenvalue weighted by Gasteiger charge is 2.35. The molecule has 3 fully saturated rings. The fraction of sp³-hybridized carbons (Fsp3) is 0.410. The molecule has 3 saturated heterocycles. The molecule has 0 bridgehead atoms. The third-order valence-electron chi connectivity index (χ3n) is 10.7. The van der Waals surface area contributed by atoms with Gasteiger partial charge in [-0.1, -0.05) is 18.2 Å². The number of halogens is 1. The Bertz CT molecular complexity index is 2290. The summed E-state index contributed by atoms with van der Waals surface area (Å²) in [6.45, 7) is 7.94. The summed E-state index contributed by atoms with van der Waals surface area (Å²) >= 11 is 0. The molecular formula is C39H41FN6O7. The lowest BCUT2D eigenvalue weighted by atomic mass is 10.0. The maximum Gasteiger partial charge on any atom is 0.259 e. The normalized spacial score (nSPS) is 18.8. The summed E-state index contributed by atoms with van der Waals surface area (Å²) in [5.74, 6) is -0.508. The van der Waals surface area contributed by atoms with Crippen LogP contribution in [0, 0.1) is 5.82 Å². The van der Waals surface area contributed by atoms with E-state index in [0.717, 1.165) is 50.2 Å². The molecule has 276 valence electrons. The van der Waals surface area contributed by atoms with Crippen molar-refractivity contribution < 1.29 is 32.6 Å². The molecule has 53 heavy (non-hydrogen) atoms. The Hall–Kier alpha value is -5.02. The highest BCUT2D eigenvalue weighted by molar-refractivity contribution is 6.07. The van der Waals surface area contributed by atoms with Gasteiger partial charge in [0.2, 0.25) is 11.3 Å². The van der Waals surface area contributed by atoms with Gasteiger partial charge in [0.25, 0.3) is 5.91 Å². The van der Waals surface area contributed by atoms with Gasteiger partial charge in [0.15, 0.2) is 17.3 Å². The largest absolute Gasteiger partial charge is 0.456 e. The number of nitrogens with one attached hydrogen (secondary N) is 2. The Labute approximate surface area is 304 Å². The molecule has 0 spiro atoms. The molecule has 0 saturated carbocycles. The summed E-state index contributed by atoms with van der Waals surface area (Å²) in [5.41, 5.74) is 1.82. The zero-order valence-corrected chi connectivity index (χ0v) is 29.3. The predicted octanol–water partition coefficient (Wildman–Crippen LogP) is 3.61. The van der Waals surface area contributed by atoms with E-state index in [-0.39, 0.29) is 34.3 Å². The van der Waals surface area contributed by atoms with Crippen molar-refractivity contribution in [3.8, 4) is 17.2 Å². The number of aromatic nitrogens is 1. The van der Waals surface area contributed by atoms with Crippen LogP contribution < -0.4 is 25.7 Å². The molecule has 13 nitrogen and oxygen atoms in total. The lowest BCUT2D eigenvalue weighted by Crippen LogP contribution is -2.42. The number of hydrogen-bond donors (Lipinski definition) is 2. The maximum atomic E-state index is 16.5. The van der Waals surface area contributed by atoms with Crippen LogP contribution in [0.5, 0.6) is 11.5 Å². The van der Waals surface area contributed by atoms with Crippen LogP contribution in [0.1, 0.15) is 23.2 Å². The molecule has 3 aromatic carbocycles. The van der Waals surface area contributed by atoms with E-state index in [4.69, 9.17) is 18.6 Å². The maximum absolute atomic E-state index is 16.5. The SMILES string of the molecule is O=C(CCNCCN1CCOCC1)N[C@@H]1CCN(c2c(F)cc3c(=O)c(C(=O)N4CCOCC4)cn4c3c2Oc2cc3c(cc2-4)oc2ccccc23)C1. The Morgan fingerprint density at radius 2 is 1.68 bits per heavy atom. The molecule has 2 N–H and O–H groups in total. The van der Waals surface area contributed by atoms with Crippen molar-refractivity contribution in [3.63, 3.8) is 0 Å². The van der Waals surface area contributed by atoms with E-state index in [0.29, 0.717) is 86.9 Å². The number of nitrogens with zero attached hydrogens (tertiary/aromatic N) is 4. The van der Waals surface area contributed by atoms with E-state index >= 15 is 4.39 Å². The topological polar surface area (TPSA) is 131 Å². The Kier molecular flexibility index (Phi) is 8.98. The minimum atomic E-state index is -0.637. The minimum absolute atomic E-state index is 0.0425. The molecule has 6 heterocycles. The number of rotatable bonds is 9. The van der Waals surface area contributed by atoms with Crippen molar-refractivity contribution in [2.45, 2.75) is 18.9 Å². The van der Waals surface area contributed by atoms with Crippen molar-refractivity contribution in [2.24, 2.45) is 0 Å². The number of benzene rings is 3. The molecule has 5 aromatic rings. The second kappa shape index (κ2) is 14.1. The molecule has 4 aliphatic heterocycles. The van der Waals surface area contributed by atoms with E-state index in [9.17, 15) is 14.4 Å². The van der Waals surface area contributed by atoms with Gasteiger partial charge in [-0.25, -0.2) is 4.39 Å². The fourth-order valence-corrected chi connectivity index (χ4v) is 7.98. The summed E-state index contributed by atoms with van der Waals surface area (Å²) in [7, 11) is 0. The molecule has 2 amide bonds. The zero-order chi connectivity index (χ0) is 36.1. The molecular weight excluding hydrogens is 683 g/mol. The molecule has 0 radical (unpaired) electrons. The van der Waals surface area contributed by atoms with E-state index in [1.807, 2.05) is 41.3 Å². The van der Waals surface area contributed by atoms with Crippen LogP contribution in [0.4, 0.5) is 10.1 Å². The third kappa shape index (κ3) is 6.28. The Balaban J connectivity index is 1.02. The van der Waals surface area contributed by atoms with Crippen molar-refractivity contribution in [2.75, 3.05) is 90.2 Å². The van der Waals surface area contributed by atoms with Gasteiger partial charge in [0.1, 0.15) is 27.9 Å². The van der Waals surface area contributed by atoms with Crippen LogP contribution in [0.15, 0.2) is 57.9 Å². The molecule has 9 rings (SSSR count). The number of amides is 2. The number of carbonyl (C=O) groups excluding carboxylic acids is 2. The number of morpholine rings is 2. The summed E-state index contributed by atoms with van der Waals surface area (Å²) in [6, 6.07) is 12.4. The quantitative estimate of drug-likeness (QED) is 0.214. The first-order valence-electron chi connectivity index (χ1n) is 18.4.